The largest absolute Gasteiger partial charge is 0.393 e. The zero-order valence-electron chi connectivity index (χ0n) is 19.8. The maximum Gasteiger partial charge on any atom is 0.253 e. The highest BCUT2D eigenvalue weighted by atomic mass is 127. The van der Waals surface area contributed by atoms with E-state index in [4.69, 9.17) is 0 Å². The van der Waals surface area contributed by atoms with E-state index in [0.717, 1.165) is 44.0 Å². The fraction of sp³-hybridized carbons (Fsp3) is 0.440. The summed E-state index contributed by atoms with van der Waals surface area (Å²) < 4.78 is 0. The minimum absolute atomic E-state index is 0. The Morgan fingerprint density at radius 3 is 1.94 bits per heavy atom. The lowest BCUT2D eigenvalue weighted by Gasteiger charge is -2.29. The molecule has 7 nitrogen and oxygen atoms in total. The first-order valence-electron chi connectivity index (χ1n) is 11.2. The molecule has 8 heteroatoms. The summed E-state index contributed by atoms with van der Waals surface area (Å²) in [5, 5.41) is 16.3. The van der Waals surface area contributed by atoms with Crippen LogP contribution in [0.15, 0.2) is 53.5 Å². The van der Waals surface area contributed by atoms with E-state index in [1.165, 1.54) is 11.1 Å². The molecule has 1 aliphatic rings. The van der Waals surface area contributed by atoms with Crippen LogP contribution in [0.2, 0.25) is 0 Å². The highest BCUT2D eigenvalue weighted by Crippen LogP contribution is 2.14. The van der Waals surface area contributed by atoms with Gasteiger partial charge in [-0.05, 0) is 41.7 Å². The van der Waals surface area contributed by atoms with E-state index in [0.29, 0.717) is 18.7 Å². The molecule has 0 unspecified atom stereocenters. The van der Waals surface area contributed by atoms with Crippen molar-refractivity contribution in [2.45, 2.75) is 38.6 Å². The minimum Gasteiger partial charge on any atom is -0.393 e. The van der Waals surface area contributed by atoms with Crippen molar-refractivity contribution in [1.29, 1.82) is 0 Å². The molecule has 0 aromatic heterocycles. The average Bonchev–Trinajstić information content (AvgIpc) is 2.81. The average molecular weight is 566 g/mol. The smallest absolute Gasteiger partial charge is 0.253 e. The Morgan fingerprint density at radius 1 is 0.970 bits per heavy atom. The minimum atomic E-state index is -0.130. The van der Waals surface area contributed by atoms with Crippen LogP contribution in [-0.4, -0.2) is 67.1 Å². The number of hydrogen-bond acceptors (Lipinski definition) is 4. The summed E-state index contributed by atoms with van der Waals surface area (Å²) in [6.07, 6.45) is 1.60. The van der Waals surface area contributed by atoms with Gasteiger partial charge in [-0.15, -0.1) is 24.0 Å². The van der Waals surface area contributed by atoms with Crippen LogP contribution in [0.5, 0.6) is 0 Å². The summed E-state index contributed by atoms with van der Waals surface area (Å²) >= 11 is 0. The summed E-state index contributed by atoms with van der Waals surface area (Å²) in [6.45, 7) is 4.16. The number of carbonyl (C=O) groups excluding carboxylic acids is 1. The van der Waals surface area contributed by atoms with Crippen LogP contribution in [0.25, 0.3) is 0 Å². The highest BCUT2D eigenvalue weighted by molar-refractivity contribution is 14.0. The van der Waals surface area contributed by atoms with Crippen LogP contribution in [-0.2, 0) is 19.6 Å². The molecule has 0 saturated carbocycles. The van der Waals surface area contributed by atoms with Crippen molar-refractivity contribution in [1.82, 2.24) is 20.4 Å². The van der Waals surface area contributed by atoms with Crippen molar-refractivity contribution >= 4 is 35.8 Å². The van der Waals surface area contributed by atoms with Gasteiger partial charge in [0.25, 0.3) is 5.91 Å². The molecule has 0 atom stereocenters. The lowest BCUT2D eigenvalue weighted by molar-refractivity contribution is 0.0792. The standard InChI is InChI=1S/C25H35N5O2.HI/c1-26-25(28-17-20-8-10-22(11-9-20)24(32)29(2)3)27-16-19-4-6-21(7-5-19)18-30-14-12-23(31)13-15-30;/h4-11,23,31H,12-18H2,1-3H3,(H2,26,27,28);1H. The fourth-order valence-electron chi connectivity index (χ4n) is 3.71. The second kappa shape index (κ2) is 13.5. The molecule has 3 rings (SSSR count). The molecular formula is C25H36IN5O2. The second-order valence-corrected chi connectivity index (χ2v) is 8.50. The quantitative estimate of drug-likeness (QED) is 0.274. The van der Waals surface area contributed by atoms with E-state index in [-0.39, 0.29) is 36.0 Å². The summed E-state index contributed by atoms with van der Waals surface area (Å²) in [4.78, 5) is 20.3. The van der Waals surface area contributed by atoms with Crippen molar-refractivity contribution in [3.05, 3.63) is 70.8 Å². The number of aliphatic hydroxyl groups is 1. The van der Waals surface area contributed by atoms with E-state index >= 15 is 0 Å². The van der Waals surface area contributed by atoms with Gasteiger partial charge >= 0.3 is 0 Å². The van der Waals surface area contributed by atoms with E-state index in [1.807, 2.05) is 24.3 Å². The number of carbonyl (C=O) groups is 1. The van der Waals surface area contributed by atoms with Gasteiger partial charge in [-0.25, -0.2) is 0 Å². The zero-order valence-corrected chi connectivity index (χ0v) is 22.1. The van der Waals surface area contributed by atoms with Gasteiger partial charge in [0, 0.05) is 59.4 Å². The maximum absolute atomic E-state index is 12.0. The second-order valence-electron chi connectivity index (χ2n) is 8.50. The van der Waals surface area contributed by atoms with Gasteiger partial charge in [0.15, 0.2) is 5.96 Å². The molecule has 0 bridgehead atoms. The van der Waals surface area contributed by atoms with Crippen molar-refractivity contribution in [2.24, 2.45) is 4.99 Å². The number of aliphatic hydroxyl groups excluding tert-OH is 1. The van der Waals surface area contributed by atoms with Gasteiger partial charge in [-0.2, -0.15) is 0 Å². The van der Waals surface area contributed by atoms with Crippen LogP contribution >= 0.6 is 24.0 Å². The lowest BCUT2D eigenvalue weighted by Crippen LogP contribution is -2.36. The van der Waals surface area contributed by atoms with Crippen LogP contribution in [0.3, 0.4) is 0 Å². The molecular weight excluding hydrogens is 529 g/mol. The van der Waals surface area contributed by atoms with Crippen molar-refractivity contribution in [2.75, 3.05) is 34.2 Å². The molecule has 33 heavy (non-hydrogen) atoms. The third-order valence-corrected chi connectivity index (χ3v) is 5.74. The molecule has 0 aliphatic carbocycles. The third-order valence-electron chi connectivity index (χ3n) is 5.74. The highest BCUT2D eigenvalue weighted by Gasteiger charge is 2.16. The van der Waals surface area contributed by atoms with Gasteiger partial charge in [0.2, 0.25) is 0 Å². The van der Waals surface area contributed by atoms with Crippen molar-refractivity contribution < 1.29 is 9.90 Å². The Morgan fingerprint density at radius 2 is 1.45 bits per heavy atom. The monoisotopic (exact) mass is 565 g/mol. The topological polar surface area (TPSA) is 80.2 Å². The predicted molar refractivity (Wildman–Crippen MR) is 144 cm³/mol. The number of amides is 1. The number of nitrogens with zero attached hydrogens (tertiary/aromatic N) is 3. The number of halogens is 1. The Labute approximate surface area is 214 Å². The number of rotatable bonds is 7. The maximum atomic E-state index is 12.0. The number of aliphatic imine (C=N–C) groups is 1. The Hall–Kier alpha value is -2.17. The number of hydrogen-bond donors (Lipinski definition) is 3. The van der Waals surface area contributed by atoms with E-state index in [1.54, 1.807) is 26.0 Å². The van der Waals surface area contributed by atoms with Gasteiger partial charge in [0.05, 0.1) is 6.10 Å². The molecule has 1 fully saturated rings. The SMILES string of the molecule is CN=C(NCc1ccc(CN2CCC(O)CC2)cc1)NCc1ccc(C(=O)N(C)C)cc1.I. The van der Waals surface area contributed by atoms with E-state index < -0.39 is 0 Å². The van der Waals surface area contributed by atoms with Crippen LogP contribution in [0.4, 0.5) is 0 Å². The summed E-state index contributed by atoms with van der Waals surface area (Å²) in [5.74, 6) is 0.733. The molecule has 2 aromatic rings. The molecule has 1 amide bonds. The molecule has 3 N–H and O–H groups in total. The number of nitrogens with one attached hydrogen (secondary N) is 2. The molecule has 1 aliphatic heterocycles. The first kappa shape index (κ1) is 27.1. The number of benzene rings is 2. The first-order chi connectivity index (χ1) is 15.4. The summed E-state index contributed by atoms with van der Waals surface area (Å²) in [7, 11) is 5.26. The molecule has 1 saturated heterocycles. The van der Waals surface area contributed by atoms with Gasteiger partial charge in [-0.1, -0.05) is 36.4 Å². The summed E-state index contributed by atoms with van der Waals surface area (Å²) in [5.41, 5.74) is 4.25. The Balaban J connectivity index is 0.00000385. The van der Waals surface area contributed by atoms with E-state index in [9.17, 15) is 9.90 Å². The molecule has 0 spiro atoms. The summed E-state index contributed by atoms with van der Waals surface area (Å²) in [6, 6.07) is 16.3. The van der Waals surface area contributed by atoms with Gasteiger partial charge in [-0.3, -0.25) is 14.7 Å². The molecule has 180 valence electrons. The van der Waals surface area contributed by atoms with Crippen molar-refractivity contribution in [3.63, 3.8) is 0 Å². The first-order valence-corrected chi connectivity index (χ1v) is 11.2. The number of guanidine groups is 1. The molecule has 2 aromatic carbocycles. The zero-order chi connectivity index (χ0) is 22.9. The van der Waals surface area contributed by atoms with Crippen LogP contribution in [0.1, 0.15) is 39.9 Å². The van der Waals surface area contributed by atoms with Crippen molar-refractivity contribution in [3.8, 4) is 0 Å². The number of piperidine rings is 1. The van der Waals surface area contributed by atoms with Crippen LogP contribution < -0.4 is 10.6 Å². The molecule has 0 radical (unpaired) electrons. The fourth-order valence-corrected chi connectivity index (χ4v) is 3.71. The normalized spacial score (nSPS) is 15.0. The lowest BCUT2D eigenvalue weighted by atomic mass is 10.1. The Kier molecular flexibility index (Phi) is 11.1. The van der Waals surface area contributed by atoms with Gasteiger partial charge in [0.1, 0.15) is 0 Å². The molecule has 1 heterocycles. The van der Waals surface area contributed by atoms with Gasteiger partial charge < -0.3 is 20.6 Å². The number of likely N-dealkylation sites (tertiary alicyclic amines) is 1. The van der Waals surface area contributed by atoms with E-state index in [2.05, 4.69) is 44.8 Å². The third kappa shape index (κ3) is 8.60. The van der Waals surface area contributed by atoms with Crippen LogP contribution in [0, 0.1) is 0 Å². The predicted octanol–water partition coefficient (Wildman–Crippen LogP) is 2.83. The Bertz CT molecular complexity index is 892.